The number of hydrogen-bond donors (Lipinski definition) is 0. The number of halogens is 1. The van der Waals surface area contributed by atoms with Crippen LogP contribution < -0.4 is 20.7 Å². The Labute approximate surface area is 169 Å². The van der Waals surface area contributed by atoms with Gasteiger partial charge in [0.05, 0.1) is 18.5 Å². The molecule has 5 rings (SSSR count). The lowest BCUT2D eigenvalue weighted by atomic mass is 10.2. The highest BCUT2D eigenvalue weighted by Crippen LogP contribution is 2.32. The molecule has 0 amide bonds. The summed E-state index contributed by atoms with van der Waals surface area (Å²) in [7, 11) is 0. The smallest absolute Gasteiger partial charge is 0.333 e. The molecule has 0 radical (unpaired) electrons. The van der Waals surface area contributed by atoms with Crippen molar-refractivity contribution in [2.75, 3.05) is 6.79 Å². The first-order valence-electron chi connectivity index (χ1n) is 9.32. The molecule has 30 heavy (non-hydrogen) atoms. The number of aromatic nitrogens is 3. The van der Waals surface area contributed by atoms with Crippen molar-refractivity contribution in [3.05, 3.63) is 98.6 Å². The second-order valence-corrected chi connectivity index (χ2v) is 6.91. The maximum Gasteiger partial charge on any atom is 0.333 e. The van der Waals surface area contributed by atoms with Crippen molar-refractivity contribution in [3.63, 3.8) is 0 Å². The molecule has 0 N–H and O–H groups in total. The zero-order chi connectivity index (χ0) is 20.7. The van der Waals surface area contributed by atoms with E-state index in [0.717, 1.165) is 4.57 Å². The Balaban J connectivity index is 1.66. The van der Waals surface area contributed by atoms with E-state index in [-0.39, 0.29) is 30.9 Å². The van der Waals surface area contributed by atoms with Gasteiger partial charge in [-0.25, -0.2) is 14.2 Å². The summed E-state index contributed by atoms with van der Waals surface area (Å²) < 4.78 is 27.4. The fraction of sp³-hybridized carbons (Fsp3) is 0.136. The summed E-state index contributed by atoms with van der Waals surface area (Å²) >= 11 is 0. The Kier molecular flexibility index (Phi) is 4.31. The highest BCUT2D eigenvalue weighted by Gasteiger charge is 2.18. The monoisotopic (exact) mass is 405 g/mol. The van der Waals surface area contributed by atoms with Crippen LogP contribution >= 0.6 is 0 Å². The summed E-state index contributed by atoms with van der Waals surface area (Å²) in [5.74, 6) is 0.752. The Hall–Kier alpha value is -3.94. The SMILES string of the molecule is O=c1c2cccnc2n(Cc2ccccc2F)c(=O)n1Cc1ccc2c(c1)OCO2. The van der Waals surface area contributed by atoms with Gasteiger partial charge in [-0.05, 0) is 35.9 Å². The van der Waals surface area contributed by atoms with E-state index in [9.17, 15) is 14.0 Å². The summed E-state index contributed by atoms with van der Waals surface area (Å²) in [5, 5.41) is 0.286. The molecule has 0 fully saturated rings. The van der Waals surface area contributed by atoms with E-state index in [2.05, 4.69) is 4.98 Å². The van der Waals surface area contributed by atoms with E-state index in [1.165, 1.54) is 16.8 Å². The Morgan fingerprint density at radius 1 is 0.933 bits per heavy atom. The molecule has 2 aromatic carbocycles. The van der Waals surface area contributed by atoms with Gasteiger partial charge in [0, 0.05) is 11.8 Å². The number of pyridine rings is 1. The first kappa shape index (κ1) is 18.1. The molecule has 2 aromatic heterocycles. The second-order valence-electron chi connectivity index (χ2n) is 6.91. The summed E-state index contributed by atoms with van der Waals surface area (Å²) in [6, 6.07) is 14.7. The third kappa shape index (κ3) is 3.02. The van der Waals surface area contributed by atoms with Crippen LogP contribution in [0.5, 0.6) is 11.5 Å². The van der Waals surface area contributed by atoms with Gasteiger partial charge in [-0.3, -0.25) is 13.9 Å². The van der Waals surface area contributed by atoms with E-state index in [1.807, 2.05) is 0 Å². The molecule has 150 valence electrons. The van der Waals surface area contributed by atoms with E-state index in [0.29, 0.717) is 22.6 Å². The summed E-state index contributed by atoms with van der Waals surface area (Å²) in [5.41, 5.74) is 0.245. The van der Waals surface area contributed by atoms with Crippen LogP contribution in [0.25, 0.3) is 11.0 Å². The Bertz CT molecular complexity index is 1390. The maximum atomic E-state index is 14.2. The topological polar surface area (TPSA) is 75.4 Å². The van der Waals surface area contributed by atoms with E-state index >= 15 is 0 Å². The standard InChI is InChI=1S/C22H16FN3O4/c23-17-6-2-1-4-15(17)12-25-20-16(5-3-9-24-20)21(27)26(22(25)28)11-14-7-8-18-19(10-14)30-13-29-18/h1-10H,11-13H2. The quantitative estimate of drug-likeness (QED) is 0.522. The lowest BCUT2D eigenvalue weighted by molar-refractivity contribution is 0.174. The van der Waals surface area contributed by atoms with Crippen LogP contribution in [0.2, 0.25) is 0 Å². The Morgan fingerprint density at radius 3 is 2.63 bits per heavy atom. The predicted molar refractivity (Wildman–Crippen MR) is 107 cm³/mol. The normalized spacial score (nSPS) is 12.4. The van der Waals surface area contributed by atoms with Crippen LogP contribution in [0.15, 0.2) is 70.4 Å². The van der Waals surface area contributed by atoms with Gasteiger partial charge in [0.15, 0.2) is 11.5 Å². The largest absolute Gasteiger partial charge is 0.454 e. The van der Waals surface area contributed by atoms with Crippen LogP contribution in [0.1, 0.15) is 11.1 Å². The third-order valence-electron chi connectivity index (χ3n) is 5.04. The molecule has 0 atom stereocenters. The van der Waals surface area contributed by atoms with Gasteiger partial charge in [0.1, 0.15) is 11.5 Å². The van der Waals surface area contributed by atoms with Crippen LogP contribution in [0.3, 0.4) is 0 Å². The molecule has 4 aromatic rings. The third-order valence-corrected chi connectivity index (χ3v) is 5.04. The summed E-state index contributed by atoms with van der Waals surface area (Å²) in [4.78, 5) is 30.5. The van der Waals surface area contributed by atoms with Gasteiger partial charge in [-0.1, -0.05) is 24.3 Å². The molecule has 0 unspecified atom stereocenters. The lowest BCUT2D eigenvalue weighted by Gasteiger charge is -2.14. The first-order chi connectivity index (χ1) is 14.6. The molecular formula is C22H16FN3O4. The molecule has 0 saturated carbocycles. The number of ether oxygens (including phenoxy) is 2. The minimum absolute atomic E-state index is 0.0381. The fourth-order valence-electron chi connectivity index (χ4n) is 3.55. The van der Waals surface area contributed by atoms with E-state index in [4.69, 9.17) is 9.47 Å². The second kappa shape index (κ2) is 7.14. The van der Waals surface area contributed by atoms with Crippen LogP contribution in [0, 0.1) is 5.82 Å². The molecule has 3 heterocycles. The van der Waals surface area contributed by atoms with Crippen LogP contribution in [0.4, 0.5) is 4.39 Å². The summed E-state index contributed by atoms with van der Waals surface area (Å²) in [6.45, 7) is 0.132. The van der Waals surface area contributed by atoms with Crippen LogP contribution in [-0.4, -0.2) is 20.9 Å². The predicted octanol–water partition coefficient (Wildman–Crippen LogP) is 2.52. The van der Waals surface area contributed by atoms with Crippen molar-refractivity contribution in [1.82, 2.24) is 14.1 Å². The molecule has 8 heteroatoms. The number of hydrogen-bond acceptors (Lipinski definition) is 5. The fourth-order valence-corrected chi connectivity index (χ4v) is 3.55. The first-order valence-corrected chi connectivity index (χ1v) is 9.32. The van der Waals surface area contributed by atoms with E-state index in [1.54, 1.807) is 48.5 Å². The zero-order valence-electron chi connectivity index (χ0n) is 15.7. The number of nitrogens with zero attached hydrogens (tertiary/aromatic N) is 3. The van der Waals surface area contributed by atoms with Gasteiger partial charge in [-0.2, -0.15) is 0 Å². The van der Waals surface area contributed by atoms with Crippen molar-refractivity contribution < 1.29 is 13.9 Å². The number of benzene rings is 2. The van der Waals surface area contributed by atoms with Gasteiger partial charge in [0.2, 0.25) is 6.79 Å². The molecule has 0 spiro atoms. The average molecular weight is 405 g/mol. The summed E-state index contributed by atoms with van der Waals surface area (Å²) in [6.07, 6.45) is 1.50. The zero-order valence-corrected chi connectivity index (χ0v) is 15.7. The maximum absolute atomic E-state index is 14.2. The van der Waals surface area contributed by atoms with Crippen LogP contribution in [-0.2, 0) is 13.1 Å². The van der Waals surface area contributed by atoms with Gasteiger partial charge in [-0.15, -0.1) is 0 Å². The van der Waals surface area contributed by atoms with Crippen molar-refractivity contribution >= 4 is 11.0 Å². The molecule has 0 bridgehead atoms. The molecule has 0 aliphatic carbocycles. The van der Waals surface area contributed by atoms with Gasteiger partial charge < -0.3 is 9.47 Å². The molecule has 1 aliphatic heterocycles. The Morgan fingerprint density at radius 2 is 1.77 bits per heavy atom. The van der Waals surface area contributed by atoms with Crippen molar-refractivity contribution in [2.24, 2.45) is 0 Å². The van der Waals surface area contributed by atoms with Crippen molar-refractivity contribution in [3.8, 4) is 11.5 Å². The molecule has 1 aliphatic rings. The average Bonchev–Trinajstić information content (AvgIpc) is 3.23. The molecular weight excluding hydrogens is 389 g/mol. The minimum atomic E-state index is -0.563. The lowest BCUT2D eigenvalue weighted by Crippen LogP contribution is -2.41. The highest BCUT2D eigenvalue weighted by atomic mass is 19.1. The minimum Gasteiger partial charge on any atom is -0.454 e. The van der Waals surface area contributed by atoms with Gasteiger partial charge >= 0.3 is 5.69 Å². The highest BCUT2D eigenvalue weighted by molar-refractivity contribution is 5.73. The van der Waals surface area contributed by atoms with E-state index < -0.39 is 17.1 Å². The van der Waals surface area contributed by atoms with Crippen molar-refractivity contribution in [2.45, 2.75) is 13.1 Å². The number of fused-ring (bicyclic) bond motifs is 2. The van der Waals surface area contributed by atoms with Crippen molar-refractivity contribution in [1.29, 1.82) is 0 Å². The van der Waals surface area contributed by atoms with Gasteiger partial charge in [0.25, 0.3) is 5.56 Å². The molecule has 7 nitrogen and oxygen atoms in total. The molecule has 0 saturated heterocycles. The number of rotatable bonds is 4.